The van der Waals surface area contributed by atoms with Gasteiger partial charge in [0.2, 0.25) is 5.88 Å². The van der Waals surface area contributed by atoms with Gasteiger partial charge in [-0.25, -0.2) is 10.8 Å². The van der Waals surface area contributed by atoms with Crippen LogP contribution in [0.3, 0.4) is 0 Å². The van der Waals surface area contributed by atoms with E-state index in [1.54, 1.807) is 6.92 Å². The Balaban J connectivity index is 2.28. The van der Waals surface area contributed by atoms with Gasteiger partial charge >= 0.3 is 0 Å². The number of aromatic nitrogens is 2. The van der Waals surface area contributed by atoms with Crippen LogP contribution in [0, 0.1) is 13.8 Å². The van der Waals surface area contributed by atoms with Crippen LogP contribution in [-0.2, 0) is 5.41 Å². The number of hydrogen-bond acceptors (Lipinski definition) is 5. The highest BCUT2D eigenvalue weighted by Crippen LogP contribution is 2.29. The maximum Gasteiger partial charge on any atom is 0.227 e. The Morgan fingerprint density at radius 2 is 1.67 bits per heavy atom. The number of ether oxygens (including phenoxy) is 1. The van der Waals surface area contributed by atoms with Crippen LogP contribution in [0.2, 0.25) is 0 Å². The number of nitrogen functional groups attached to an aromatic ring is 1. The summed E-state index contributed by atoms with van der Waals surface area (Å²) >= 11 is 0. The lowest BCUT2D eigenvalue weighted by molar-refractivity contribution is 0.455. The molecule has 0 radical (unpaired) electrons. The highest BCUT2D eigenvalue weighted by Gasteiger charge is 2.14. The van der Waals surface area contributed by atoms with E-state index in [4.69, 9.17) is 10.6 Å². The van der Waals surface area contributed by atoms with E-state index in [9.17, 15) is 0 Å². The zero-order chi connectivity index (χ0) is 15.6. The molecule has 0 spiro atoms. The summed E-state index contributed by atoms with van der Waals surface area (Å²) in [7, 11) is 0. The van der Waals surface area contributed by atoms with E-state index in [0.717, 1.165) is 11.3 Å². The normalized spacial score (nSPS) is 11.3. The minimum absolute atomic E-state index is 0.122. The molecule has 2 rings (SSSR count). The number of nitrogens with two attached hydrogens (primary N) is 1. The van der Waals surface area contributed by atoms with Crippen molar-refractivity contribution in [3.05, 3.63) is 41.2 Å². The summed E-state index contributed by atoms with van der Waals surface area (Å²) in [5.41, 5.74) is 4.72. The number of nitrogens with one attached hydrogen (secondary N) is 1. The molecule has 0 atom stereocenters. The third-order valence-electron chi connectivity index (χ3n) is 3.28. The van der Waals surface area contributed by atoms with Crippen molar-refractivity contribution >= 4 is 5.82 Å². The molecule has 5 heteroatoms. The Kier molecular flexibility index (Phi) is 4.14. The van der Waals surface area contributed by atoms with E-state index in [0.29, 0.717) is 17.5 Å². The minimum atomic E-state index is 0.122. The first-order chi connectivity index (χ1) is 9.81. The monoisotopic (exact) mass is 286 g/mol. The fraction of sp³-hybridized carbons (Fsp3) is 0.375. The van der Waals surface area contributed by atoms with Gasteiger partial charge in [-0.3, -0.25) is 0 Å². The van der Waals surface area contributed by atoms with Gasteiger partial charge in [0, 0.05) is 0 Å². The number of nitrogens with zero attached hydrogens (tertiary/aromatic N) is 2. The van der Waals surface area contributed by atoms with Crippen molar-refractivity contribution in [3.63, 3.8) is 0 Å². The number of aryl methyl sites for hydroxylation is 1. The lowest BCUT2D eigenvalue weighted by atomic mass is 9.87. The van der Waals surface area contributed by atoms with Gasteiger partial charge in [0.15, 0.2) is 0 Å². The Hall–Kier alpha value is -2.14. The van der Waals surface area contributed by atoms with Gasteiger partial charge in [-0.05, 0) is 37.0 Å². The Morgan fingerprint density at radius 3 is 2.19 bits per heavy atom. The highest BCUT2D eigenvalue weighted by atomic mass is 16.5. The van der Waals surface area contributed by atoms with E-state index in [1.807, 2.05) is 19.1 Å². The summed E-state index contributed by atoms with van der Waals surface area (Å²) in [6.45, 7) is 10.2. The average Bonchev–Trinajstić information content (AvgIpc) is 2.42. The molecule has 0 unspecified atom stereocenters. The fourth-order valence-corrected chi connectivity index (χ4v) is 1.98. The van der Waals surface area contributed by atoms with Crippen LogP contribution in [0.15, 0.2) is 24.3 Å². The van der Waals surface area contributed by atoms with Gasteiger partial charge in [-0.2, -0.15) is 4.98 Å². The first-order valence-electron chi connectivity index (χ1n) is 6.91. The zero-order valence-corrected chi connectivity index (χ0v) is 13.2. The molecule has 0 aliphatic rings. The summed E-state index contributed by atoms with van der Waals surface area (Å²) < 4.78 is 5.85. The SMILES string of the molecule is Cc1nc(NN)c(C)c(Oc2ccc(C(C)(C)C)cc2)n1. The van der Waals surface area contributed by atoms with E-state index in [1.165, 1.54) is 5.56 Å². The standard InChI is InChI=1S/C16H22N4O/c1-10-14(20-17)18-11(2)19-15(10)21-13-8-6-12(7-9-13)16(3,4)5/h6-9H,17H2,1-5H3,(H,18,19,20). The number of rotatable bonds is 3. The van der Waals surface area contributed by atoms with E-state index in [-0.39, 0.29) is 5.41 Å². The fourth-order valence-electron chi connectivity index (χ4n) is 1.98. The lowest BCUT2D eigenvalue weighted by Gasteiger charge is -2.19. The second-order valence-corrected chi connectivity index (χ2v) is 6.07. The van der Waals surface area contributed by atoms with Gasteiger partial charge in [0.05, 0.1) is 5.56 Å². The van der Waals surface area contributed by atoms with Crippen LogP contribution < -0.4 is 16.0 Å². The average molecular weight is 286 g/mol. The molecule has 0 saturated heterocycles. The van der Waals surface area contributed by atoms with E-state index in [2.05, 4.69) is 48.3 Å². The first-order valence-corrected chi connectivity index (χ1v) is 6.91. The smallest absolute Gasteiger partial charge is 0.227 e. The van der Waals surface area contributed by atoms with Gasteiger partial charge in [0.25, 0.3) is 0 Å². The number of anilines is 1. The summed E-state index contributed by atoms with van der Waals surface area (Å²) in [4.78, 5) is 8.53. The molecule has 0 saturated carbocycles. The maximum atomic E-state index is 5.85. The number of benzene rings is 1. The molecule has 3 N–H and O–H groups in total. The van der Waals surface area contributed by atoms with Gasteiger partial charge in [0.1, 0.15) is 17.4 Å². The third-order valence-corrected chi connectivity index (χ3v) is 3.28. The van der Waals surface area contributed by atoms with Gasteiger partial charge in [-0.15, -0.1) is 0 Å². The number of hydrogen-bond donors (Lipinski definition) is 2. The molecule has 1 heterocycles. The van der Waals surface area contributed by atoms with Crippen LogP contribution in [0.5, 0.6) is 11.6 Å². The summed E-state index contributed by atoms with van der Waals surface area (Å²) in [6.07, 6.45) is 0. The molecular weight excluding hydrogens is 264 g/mol. The van der Waals surface area contributed by atoms with Crippen LogP contribution in [0.4, 0.5) is 5.82 Å². The Labute approximate surface area is 125 Å². The quantitative estimate of drug-likeness (QED) is 0.667. The van der Waals surface area contributed by atoms with Crippen molar-refractivity contribution in [1.82, 2.24) is 9.97 Å². The first kappa shape index (κ1) is 15.3. The molecule has 0 aliphatic heterocycles. The highest BCUT2D eigenvalue weighted by molar-refractivity contribution is 5.48. The molecule has 0 fully saturated rings. The second-order valence-electron chi connectivity index (χ2n) is 6.07. The molecule has 1 aromatic carbocycles. The van der Waals surface area contributed by atoms with Gasteiger partial charge < -0.3 is 10.2 Å². The molecule has 0 aliphatic carbocycles. The summed E-state index contributed by atoms with van der Waals surface area (Å²) in [5, 5.41) is 0. The van der Waals surface area contributed by atoms with Crippen molar-refractivity contribution in [2.75, 3.05) is 5.43 Å². The molecule has 21 heavy (non-hydrogen) atoms. The Bertz CT molecular complexity index is 630. The van der Waals surface area contributed by atoms with Gasteiger partial charge in [-0.1, -0.05) is 32.9 Å². The van der Waals surface area contributed by atoms with Crippen molar-refractivity contribution in [2.24, 2.45) is 5.84 Å². The zero-order valence-electron chi connectivity index (χ0n) is 13.2. The topological polar surface area (TPSA) is 73.1 Å². The second kappa shape index (κ2) is 5.69. The van der Waals surface area contributed by atoms with Crippen LogP contribution in [0.1, 0.15) is 37.7 Å². The Morgan fingerprint density at radius 1 is 1.05 bits per heavy atom. The van der Waals surface area contributed by atoms with E-state index < -0.39 is 0 Å². The van der Waals surface area contributed by atoms with Crippen LogP contribution >= 0.6 is 0 Å². The molecule has 0 amide bonds. The largest absolute Gasteiger partial charge is 0.439 e. The van der Waals surface area contributed by atoms with Crippen LogP contribution in [0.25, 0.3) is 0 Å². The molecule has 5 nitrogen and oxygen atoms in total. The van der Waals surface area contributed by atoms with Crippen molar-refractivity contribution in [3.8, 4) is 11.6 Å². The number of hydrazine groups is 1. The molecular formula is C16H22N4O. The molecule has 0 bridgehead atoms. The summed E-state index contributed by atoms with van der Waals surface area (Å²) in [5.74, 6) is 7.89. The molecule has 2 aromatic rings. The minimum Gasteiger partial charge on any atom is -0.439 e. The predicted molar refractivity (Wildman–Crippen MR) is 84.5 cm³/mol. The predicted octanol–water partition coefficient (Wildman–Crippen LogP) is 3.47. The van der Waals surface area contributed by atoms with Crippen molar-refractivity contribution in [2.45, 2.75) is 40.0 Å². The third kappa shape index (κ3) is 3.49. The van der Waals surface area contributed by atoms with E-state index >= 15 is 0 Å². The summed E-state index contributed by atoms with van der Waals surface area (Å²) in [6, 6.07) is 8.04. The van der Waals surface area contributed by atoms with Crippen molar-refractivity contribution < 1.29 is 4.74 Å². The van der Waals surface area contributed by atoms with Crippen LogP contribution in [-0.4, -0.2) is 9.97 Å². The van der Waals surface area contributed by atoms with Crippen molar-refractivity contribution in [1.29, 1.82) is 0 Å². The molecule has 112 valence electrons. The maximum absolute atomic E-state index is 5.85. The lowest BCUT2D eigenvalue weighted by Crippen LogP contribution is -2.12. The molecule has 1 aromatic heterocycles.